The van der Waals surface area contributed by atoms with Crippen LogP contribution in [0.4, 0.5) is 23.3 Å². The second kappa shape index (κ2) is 17.6. The van der Waals surface area contributed by atoms with Crippen molar-refractivity contribution in [2.24, 2.45) is 0 Å². The van der Waals surface area contributed by atoms with Crippen LogP contribution < -0.4 is 39.5 Å². The van der Waals surface area contributed by atoms with Crippen LogP contribution in [0.15, 0.2) is 35.2 Å². The molecule has 256 valence electrons. The van der Waals surface area contributed by atoms with Crippen LogP contribution in [0.25, 0.3) is 0 Å². The van der Waals surface area contributed by atoms with Crippen LogP contribution in [0.1, 0.15) is 68.8 Å². The van der Waals surface area contributed by atoms with E-state index in [1.807, 2.05) is 0 Å². The predicted octanol–water partition coefficient (Wildman–Crippen LogP) is 8.23. The number of halogens is 3. The normalized spacial score (nSPS) is 14.8. The van der Waals surface area contributed by atoms with Crippen molar-refractivity contribution in [2.75, 3.05) is 28.0 Å². The molecule has 0 unspecified atom stereocenters. The lowest BCUT2D eigenvalue weighted by Gasteiger charge is -2.28. The summed E-state index contributed by atoms with van der Waals surface area (Å²) in [4.78, 5) is 15.9. The van der Waals surface area contributed by atoms with Crippen molar-refractivity contribution < 1.29 is 24.3 Å². The fourth-order valence-electron chi connectivity index (χ4n) is 4.99. The molecule has 0 radical (unpaired) electrons. The fourth-order valence-corrected chi connectivity index (χ4v) is 6.82. The molecule has 44 heavy (non-hydrogen) atoms. The van der Waals surface area contributed by atoms with Gasteiger partial charge in [0.2, 0.25) is 11.9 Å². The summed E-state index contributed by atoms with van der Waals surface area (Å²) >= 11 is 11.8. The van der Waals surface area contributed by atoms with Gasteiger partial charge in [-0.1, -0.05) is 42.5 Å². The van der Waals surface area contributed by atoms with Crippen molar-refractivity contribution in [1.82, 2.24) is 39.6 Å². The van der Waals surface area contributed by atoms with Gasteiger partial charge in [0.15, 0.2) is 5.75 Å². The molecule has 1 saturated carbocycles. The number of aromatic hydroxyl groups is 2. The van der Waals surface area contributed by atoms with E-state index in [1.54, 1.807) is 6.07 Å². The van der Waals surface area contributed by atoms with E-state index in [4.69, 9.17) is 33.2 Å². The van der Waals surface area contributed by atoms with Gasteiger partial charge in [-0.05, 0) is 56.4 Å². The number of benzene rings is 2. The van der Waals surface area contributed by atoms with Crippen LogP contribution in [0.5, 0.6) is 11.5 Å². The molecule has 2 fully saturated rings. The molecular weight excluding hydrogens is 655 g/mol. The van der Waals surface area contributed by atoms with E-state index in [-0.39, 0.29) is 70.1 Å². The lowest BCUT2D eigenvalue weighted by molar-refractivity contribution is 0.427. The number of phenols is 2. The average Bonchev–Trinajstić information content (AvgIpc) is 2.93. The van der Waals surface area contributed by atoms with Gasteiger partial charge in [-0.3, -0.25) is 4.72 Å². The molecule has 0 atom stereocenters. The Morgan fingerprint density at radius 2 is 1.50 bits per heavy atom. The standard InChI is InChI=1S/C26H30Cl2N6O4S.ClH.4H3N.4H2/c27-17-13-19(28)23(36)22(14-17)39(37,38)33-20-10-9-18(15-21(20)35)29-25-30-24(16-7-3-1-4-8-16)31-26(32-25)34-11-5-2-6-12-34;;;;;;;;;/h9-10,13-16,33,35-36H,1-8,11-12H2,(H,29,30,31,32);1H;4*1H3;4*1H. The van der Waals surface area contributed by atoms with Gasteiger partial charge in [-0.2, -0.15) is 15.0 Å². The Morgan fingerprint density at radius 1 is 0.864 bits per heavy atom. The number of nitrogens with zero attached hydrogens (tertiary/aromatic N) is 4. The van der Waals surface area contributed by atoms with Crippen LogP contribution in [0.2, 0.25) is 10.0 Å². The SMILES string of the molecule is Cl.N.N.N.N.O=S(=O)(Nc1ccc(Nc2nc(C3CCCCC3)nc(N3CCCCC3)n2)cc1O)c1cc(Cl)cc(Cl)c1O.[HH].[HH].[HH].[HH]. The average molecular weight is 706 g/mol. The van der Waals surface area contributed by atoms with Gasteiger partial charge < -0.3 is 45.0 Å². The zero-order valence-corrected chi connectivity index (χ0v) is 27.6. The molecule has 2 aliphatic rings. The minimum Gasteiger partial charge on any atom is -0.506 e. The monoisotopic (exact) mass is 704 g/mol. The predicted molar refractivity (Wildman–Crippen MR) is 188 cm³/mol. The minimum atomic E-state index is -4.31. The maximum Gasteiger partial charge on any atom is 0.265 e. The van der Waals surface area contributed by atoms with Crippen LogP contribution >= 0.6 is 35.6 Å². The number of piperidine rings is 1. The first-order valence-corrected chi connectivity index (χ1v) is 15.3. The largest absolute Gasteiger partial charge is 0.506 e. The maximum atomic E-state index is 12.9. The highest BCUT2D eigenvalue weighted by atomic mass is 35.5. The van der Waals surface area contributed by atoms with Crippen LogP contribution in [-0.4, -0.2) is 46.7 Å². The molecule has 16 N–H and O–H groups in total. The summed E-state index contributed by atoms with van der Waals surface area (Å²) in [6, 6.07) is 6.66. The van der Waals surface area contributed by atoms with Gasteiger partial charge in [0, 0.05) is 41.5 Å². The zero-order valence-electron chi connectivity index (χ0n) is 24.4. The molecule has 0 spiro atoms. The van der Waals surface area contributed by atoms with E-state index in [1.165, 1.54) is 31.0 Å². The van der Waals surface area contributed by atoms with E-state index in [2.05, 4.69) is 19.9 Å². The molecular formula is C26H51Cl3N10O4S. The van der Waals surface area contributed by atoms with Gasteiger partial charge in [0.25, 0.3) is 10.0 Å². The molecule has 2 heterocycles. The highest BCUT2D eigenvalue weighted by Gasteiger charge is 2.25. The molecule has 1 saturated heterocycles. The van der Waals surface area contributed by atoms with Gasteiger partial charge in [-0.15, -0.1) is 12.4 Å². The van der Waals surface area contributed by atoms with E-state index < -0.39 is 20.7 Å². The van der Waals surface area contributed by atoms with E-state index in [0.29, 0.717) is 17.6 Å². The minimum absolute atomic E-state index is 0. The number of aromatic nitrogens is 3. The van der Waals surface area contributed by atoms with E-state index in [9.17, 15) is 18.6 Å². The molecule has 0 amide bonds. The Kier molecular flexibility index (Phi) is 16.4. The molecule has 1 aromatic heterocycles. The molecule has 0 bridgehead atoms. The number of anilines is 4. The molecule has 2 aromatic carbocycles. The highest BCUT2D eigenvalue weighted by molar-refractivity contribution is 7.92. The van der Waals surface area contributed by atoms with Crippen molar-refractivity contribution in [3.8, 4) is 11.5 Å². The molecule has 1 aliphatic carbocycles. The summed E-state index contributed by atoms with van der Waals surface area (Å²) in [5.74, 6) is 1.11. The number of rotatable bonds is 7. The smallest absolute Gasteiger partial charge is 0.265 e. The summed E-state index contributed by atoms with van der Waals surface area (Å²) in [5, 5.41) is 23.8. The van der Waals surface area contributed by atoms with Crippen molar-refractivity contribution in [2.45, 2.75) is 62.2 Å². The van der Waals surface area contributed by atoms with Gasteiger partial charge >= 0.3 is 0 Å². The second-order valence-electron chi connectivity index (χ2n) is 9.90. The maximum absolute atomic E-state index is 12.9. The Balaban J connectivity index is -0.000000685. The van der Waals surface area contributed by atoms with Gasteiger partial charge in [-0.25, -0.2) is 8.42 Å². The fraction of sp³-hybridized carbons (Fsp3) is 0.423. The Labute approximate surface area is 280 Å². The second-order valence-corrected chi connectivity index (χ2v) is 12.4. The van der Waals surface area contributed by atoms with Crippen LogP contribution in [0.3, 0.4) is 0 Å². The molecule has 14 nitrogen and oxygen atoms in total. The summed E-state index contributed by atoms with van der Waals surface area (Å²) in [6.45, 7) is 1.80. The molecule has 3 aromatic rings. The molecule has 5 rings (SSSR count). The Morgan fingerprint density at radius 3 is 2.14 bits per heavy atom. The van der Waals surface area contributed by atoms with E-state index in [0.717, 1.165) is 63.5 Å². The quantitative estimate of drug-likeness (QED) is 0.108. The van der Waals surface area contributed by atoms with Gasteiger partial charge in [0.05, 0.1) is 10.7 Å². The van der Waals surface area contributed by atoms with Gasteiger partial charge in [0.1, 0.15) is 16.5 Å². The molecule has 1 aliphatic heterocycles. The molecule has 18 heteroatoms. The zero-order chi connectivity index (χ0) is 27.6. The third-order valence-electron chi connectivity index (χ3n) is 7.03. The third-order valence-corrected chi connectivity index (χ3v) is 8.92. The van der Waals surface area contributed by atoms with Crippen molar-refractivity contribution >= 4 is 68.9 Å². The number of nitrogens with one attached hydrogen (secondary N) is 2. The van der Waals surface area contributed by atoms with E-state index >= 15 is 0 Å². The lowest BCUT2D eigenvalue weighted by Crippen LogP contribution is -2.31. The topological polar surface area (TPSA) is 281 Å². The summed E-state index contributed by atoms with van der Waals surface area (Å²) in [5.41, 5.74) is 0.373. The highest BCUT2D eigenvalue weighted by Crippen LogP contribution is 2.37. The number of hydrogen-bond donors (Lipinski definition) is 8. The first kappa shape index (κ1) is 41.1. The van der Waals surface area contributed by atoms with Crippen LogP contribution in [0, 0.1) is 0 Å². The first-order valence-electron chi connectivity index (χ1n) is 13.0. The number of phenolic OH excluding ortho intramolecular Hbond substituents is 2. The van der Waals surface area contributed by atoms with Crippen molar-refractivity contribution in [3.63, 3.8) is 0 Å². The van der Waals surface area contributed by atoms with Crippen LogP contribution in [-0.2, 0) is 10.0 Å². The summed E-state index contributed by atoms with van der Waals surface area (Å²) in [6.07, 6.45) is 9.02. The number of hydrogen-bond acceptors (Lipinski definition) is 13. The summed E-state index contributed by atoms with van der Waals surface area (Å²) < 4.78 is 28.0. The van der Waals surface area contributed by atoms with Crippen molar-refractivity contribution in [1.29, 1.82) is 0 Å². The summed E-state index contributed by atoms with van der Waals surface area (Å²) in [7, 11) is -4.31. The Hall–Kier alpha value is -2.89. The number of sulfonamides is 1. The lowest BCUT2D eigenvalue weighted by atomic mass is 9.89. The Bertz CT molecular complexity index is 1460. The first-order chi connectivity index (χ1) is 18.7. The third kappa shape index (κ3) is 9.55. The van der Waals surface area contributed by atoms with Crippen molar-refractivity contribution in [3.05, 3.63) is 46.2 Å².